The minimum atomic E-state index is -0.311. The number of nitrogens with one attached hydrogen (secondary N) is 1. The number of fused-ring (bicyclic) bond motifs is 1. The van der Waals surface area contributed by atoms with Crippen LogP contribution in [-0.4, -0.2) is 14.7 Å². The second-order valence-electron chi connectivity index (χ2n) is 4.08. The molecule has 4 nitrogen and oxygen atoms in total. The first-order valence-electron chi connectivity index (χ1n) is 5.44. The molecule has 0 atom stereocenters. The molecule has 3 rings (SSSR count). The number of hydrogen-bond acceptors (Lipinski definition) is 3. The molecule has 2 aromatic heterocycles. The summed E-state index contributed by atoms with van der Waals surface area (Å²) in [6.07, 6.45) is 0. The second kappa shape index (κ2) is 4.06. The Morgan fingerprint density at radius 3 is 3.06 bits per heavy atom. The standard InChI is InChI=1S/C12H10FN3OS/c1-7-5-8(15-17-7)6-16-10-4-2-3-9(13)11(10)14-12(16)18/h2-5H,6H2,1H3,(H,14,18). The van der Waals surface area contributed by atoms with Crippen LogP contribution >= 0.6 is 12.2 Å². The van der Waals surface area contributed by atoms with Crippen molar-refractivity contribution in [3.8, 4) is 0 Å². The molecule has 0 spiro atoms. The predicted molar refractivity (Wildman–Crippen MR) is 67.4 cm³/mol. The van der Waals surface area contributed by atoms with Crippen LogP contribution in [0.2, 0.25) is 0 Å². The lowest BCUT2D eigenvalue weighted by Gasteiger charge is -2.00. The molecule has 0 aliphatic heterocycles. The summed E-state index contributed by atoms with van der Waals surface area (Å²) in [7, 11) is 0. The molecule has 1 aromatic carbocycles. The van der Waals surface area contributed by atoms with Gasteiger partial charge in [-0.25, -0.2) is 4.39 Å². The van der Waals surface area contributed by atoms with E-state index in [-0.39, 0.29) is 5.82 Å². The van der Waals surface area contributed by atoms with Crippen LogP contribution in [0.15, 0.2) is 28.8 Å². The van der Waals surface area contributed by atoms with Crippen LogP contribution in [0.3, 0.4) is 0 Å². The topological polar surface area (TPSA) is 46.8 Å². The van der Waals surface area contributed by atoms with Gasteiger partial charge in [-0.1, -0.05) is 11.2 Å². The molecule has 0 aliphatic carbocycles. The summed E-state index contributed by atoms with van der Waals surface area (Å²) >= 11 is 5.20. The third kappa shape index (κ3) is 1.74. The van der Waals surface area contributed by atoms with Crippen molar-refractivity contribution in [1.29, 1.82) is 0 Å². The molecule has 0 radical (unpaired) electrons. The number of imidazole rings is 1. The fraction of sp³-hybridized carbons (Fsp3) is 0.167. The van der Waals surface area contributed by atoms with Gasteiger partial charge in [-0.05, 0) is 31.3 Å². The van der Waals surface area contributed by atoms with E-state index >= 15 is 0 Å². The van der Waals surface area contributed by atoms with E-state index in [4.69, 9.17) is 16.7 Å². The Labute approximate surface area is 107 Å². The fourth-order valence-corrected chi connectivity index (χ4v) is 2.22. The molecule has 92 valence electrons. The van der Waals surface area contributed by atoms with Crippen molar-refractivity contribution in [3.05, 3.63) is 46.3 Å². The molecule has 0 saturated heterocycles. The summed E-state index contributed by atoms with van der Waals surface area (Å²) in [5.74, 6) is 0.427. The third-order valence-electron chi connectivity index (χ3n) is 2.76. The SMILES string of the molecule is Cc1cc(Cn2c(=S)[nH]c3c(F)cccc32)no1. The Hall–Kier alpha value is -1.95. The van der Waals surface area contributed by atoms with Gasteiger partial charge in [0, 0.05) is 6.07 Å². The van der Waals surface area contributed by atoms with Gasteiger partial charge in [0.15, 0.2) is 4.77 Å². The Bertz CT molecular complexity index is 771. The molecule has 0 saturated carbocycles. The van der Waals surface area contributed by atoms with Crippen LogP contribution in [0.25, 0.3) is 11.0 Å². The van der Waals surface area contributed by atoms with Crippen LogP contribution < -0.4 is 0 Å². The van der Waals surface area contributed by atoms with Gasteiger partial charge in [-0.15, -0.1) is 0 Å². The first-order chi connectivity index (χ1) is 8.65. The number of benzene rings is 1. The van der Waals surface area contributed by atoms with E-state index in [0.29, 0.717) is 16.8 Å². The van der Waals surface area contributed by atoms with Crippen molar-refractivity contribution in [3.63, 3.8) is 0 Å². The van der Waals surface area contributed by atoms with E-state index in [9.17, 15) is 4.39 Å². The zero-order valence-corrected chi connectivity index (χ0v) is 10.4. The van der Waals surface area contributed by atoms with Crippen molar-refractivity contribution >= 4 is 23.3 Å². The summed E-state index contributed by atoms with van der Waals surface area (Å²) in [4.78, 5) is 2.87. The van der Waals surface area contributed by atoms with E-state index in [1.54, 1.807) is 10.6 Å². The minimum Gasteiger partial charge on any atom is -0.361 e. The maximum absolute atomic E-state index is 13.6. The quantitative estimate of drug-likeness (QED) is 0.722. The smallest absolute Gasteiger partial charge is 0.178 e. The fourth-order valence-electron chi connectivity index (χ4n) is 1.96. The Morgan fingerprint density at radius 1 is 1.50 bits per heavy atom. The first-order valence-corrected chi connectivity index (χ1v) is 5.85. The van der Waals surface area contributed by atoms with Gasteiger partial charge in [0.05, 0.1) is 12.1 Å². The third-order valence-corrected chi connectivity index (χ3v) is 3.08. The van der Waals surface area contributed by atoms with Crippen LogP contribution in [0.1, 0.15) is 11.5 Å². The number of aromatic amines is 1. The van der Waals surface area contributed by atoms with Crippen LogP contribution in [0, 0.1) is 17.5 Å². The second-order valence-corrected chi connectivity index (χ2v) is 4.47. The van der Waals surface area contributed by atoms with Crippen molar-refractivity contribution in [1.82, 2.24) is 14.7 Å². The number of nitrogens with zero attached hydrogens (tertiary/aromatic N) is 2. The van der Waals surface area contributed by atoms with Gasteiger partial charge in [0.2, 0.25) is 0 Å². The maximum Gasteiger partial charge on any atom is 0.178 e. The highest BCUT2D eigenvalue weighted by atomic mass is 32.1. The van der Waals surface area contributed by atoms with Gasteiger partial charge in [0.25, 0.3) is 0 Å². The van der Waals surface area contributed by atoms with Crippen molar-refractivity contribution < 1.29 is 8.91 Å². The highest BCUT2D eigenvalue weighted by Gasteiger charge is 2.10. The summed E-state index contributed by atoms with van der Waals surface area (Å²) in [5.41, 5.74) is 1.90. The molecule has 18 heavy (non-hydrogen) atoms. The number of H-pyrrole nitrogens is 1. The van der Waals surface area contributed by atoms with Gasteiger partial charge in [-0.3, -0.25) is 0 Å². The number of aromatic nitrogens is 3. The molecule has 0 aliphatic rings. The Balaban J connectivity index is 2.14. The lowest BCUT2D eigenvalue weighted by Crippen LogP contribution is -1.99. The van der Waals surface area contributed by atoms with Gasteiger partial charge in [0.1, 0.15) is 22.8 Å². The lowest BCUT2D eigenvalue weighted by molar-refractivity contribution is 0.389. The highest BCUT2D eigenvalue weighted by molar-refractivity contribution is 7.71. The largest absolute Gasteiger partial charge is 0.361 e. The number of para-hydroxylation sites is 1. The molecule has 6 heteroatoms. The summed E-state index contributed by atoms with van der Waals surface area (Å²) in [6.45, 7) is 2.28. The number of hydrogen-bond donors (Lipinski definition) is 1. The average molecular weight is 263 g/mol. The van der Waals surface area contributed by atoms with E-state index in [2.05, 4.69) is 10.1 Å². The Kier molecular flexibility index (Phi) is 2.52. The van der Waals surface area contributed by atoms with Gasteiger partial charge < -0.3 is 14.1 Å². The van der Waals surface area contributed by atoms with E-state index in [0.717, 1.165) is 17.0 Å². The zero-order valence-electron chi connectivity index (χ0n) is 9.61. The molecule has 1 N–H and O–H groups in total. The molecular weight excluding hydrogens is 253 g/mol. The van der Waals surface area contributed by atoms with Gasteiger partial charge in [-0.2, -0.15) is 0 Å². The zero-order chi connectivity index (χ0) is 12.7. The number of halogens is 1. The van der Waals surface area contributed by atoms with E-state index in [1.165, 1.54) is 6.07 Å². The maximum atomic E-state index is 13.6. The Morgan fingerprint density at radius 2 is 2.33 bits per heavy atom. The van der Waals surface area contributed by atoms with Crippen LogP contribution in [0.4, 0.5) is 4.39 Å². The van der Waals surface area contributed by atoms with E-state index in [1.807, 2.05) is 19.1 Å². The molecule has 3 aromatic rings. The molecule has 2 heterocycles. The number of rotatable bonds is 2. The normalized spacial score (nSPS) is 11.2. The van der Waals surface area contributed by atoms with Crippen LogP contribution in [-0.2, 0) is 6.54 Å². The van der Waals surface area contributed by atoms with Gasteiger partial charge >= 0.3 is 0 Å². The minimum absolute atomic E-state index is 0.311. The van der Waals surface area contributed by atoms with Crippen LogP contribution in [0.5, 0.6) is 0 Å². The summed E-state index contributed by atoms with van der Waals surface area (Å²) < 4.78 is 20.9. The van der Waals surface area contributed by atoms with Crippen molar-refractivity contribution in [2.75, 3.05) is 0 Å². The summed E-state index contributed by atoms with van der Waals surface area (Å²) in [6, 6.07) is 6.71. The number of aryl methyl sites for hydroxylation is 1. The average Bonchev–Trinajstić information content (AvgIpc) is 2.87. The first kappa shape index (κ1) is 11.2. The van der Waals surface area contributed by atoms with Crippen molar-refractivity contribution in [2.45, 2.75) is 13.5 Å². The molecule has 0 unspecified atom stereocenters. The highest BCUT2D eigenvalue weighted by Crippen LogP contribution is 2.18. The monoisotopic (exact) mass is 263 g/mol. The molecule has 0 amide bonds. The molecule has 0 bridgehead atoms. The van der Waals surface area contributed by atoms with E-state index < -0.39 is 0 Å². The predicted octanol–water partition coefficient (Wildman–Crippen LogP) is 3.18. The lowest BCUT2D eigenvalue weighted by atomic mass is 10.3. The molecule has 0 fully saturated rings. The van der Waals surface area contributed by atoms with Crippen molar-refractivity contribution in [2.24, 2.45) is 0 Å². The summed E-state index contributed by atoms with van der Waals surface area (Å²) in [5, 5.41) is 3.91. The molecular formula is C12H10FN3OS.